The molecular weight excluding hydrogens is 348 g/mol. The fourth-order valence-corrected chi connectivity index (χ4v) is 2.85. The van der Waals surface area contributed by atoms with Gasteiger partial charge in [-0.05, 0) is 29.8 Å². The maximum atomic E-state index is 12.2. The fraction of sp³-hybridized carbons (Fsp3) is 0.300. The van der Waals surface area contributed by atoms with Crippen LogP contribution < -0.4 is 24.4 Å². The Bertz CT molecular complexity index is 837. The molecule has 3 rings (SSSR count). The van der Waals surface area contributed by atoms with Crippen molar-refractivity contribution in [1.82, 2.24) is 5.32 Å². The first-order valence-corrected chi connectivity index (χ1v) is 8.65. The number of hydrogen-bond donors (Lipinski definition) is 1. The SMILES string of the molecule is COc1ccccc1N(CCC(=O)NCc1ccc2c(c1)OCO2)C(C)=O. The zero-order chi connectivity index (χ0) is 19.2. The van der Waals surface area contributed by atoms with Gasteiger partial charge in [0.25, 0.3) is 0 Å². The average molecular weight is 370 g/mol. The van der Waals surface area contributed by atoms with Crippen molar-refractivity contribution in [2.75, 3.05) is 25.3 Å². The van der Waals surface area contributed by atoms with Gasteiger partial charge in [0.2, 0.25) is 18.6 Å². The van der Waals surface area contributed by atoms with E-state index in [1.54, 1.807) is 24.1 Å². The number of methoxy groups -OCH3 is 1. The molecule has 0 saturated carbocycles. The molecule has 0 unspecified atom stereocenters. The van der Waals surface area contributed by atoms with Gasteiger partial charge in [-0.2, -0.15) is 0 Å². The summed E-state index contributed by atoms with van der Waals surface area (Å²) in [6, 6.07) is 12.8. The van der Waals surface area contributed by atoms with Gasteiger partial charge in [-0.25, -0.2) is 0 Å². The van der Waals surface area contributed by atoms with Gasteiger partial charge in [0, 0.05) is 26.4 Å². The van der Waals surface area contributed by atoms with Gasteiger partial charge >= 0.3 is 0 Å². The minimum absolute atomic E-state index is 0.145. The first-order chi connectivity index (χ1) is 13.1. The third-order valence-electron chi connectivity index (χ3n) is 4.25. The van der Waals surface area contributed by atoms with Gasteiger partial charge < -0.3 is 24.4 Å². The van der Waals surface area contributed by atoms with Crippen molar-refractivity contribution in [2.45, 2.75) is 19.9 Å². The van der Waals surface area contributed by atoms with Crippen LogP contribution in [0.4, 0.5) is 5.69 Å². The highest BCUT2D eigenvalue weighted by molar-refractivity contribution is 5.93. The van der Waals surface area contributed by atoms with Crippen LogP contribution in [-0.2, 0) is 16.1 Å². The number of ether oxygens (including phenoxy) is 3. The molecule has 0 spiro atoms. The number of nitrogens with one attached hydrogen (secondary N) is 1. The molecule has 0 aliphatic carbocycles. The molecule has 1 aliphatic rings. The van der Waals surface area contributed by atoms with Gasteiger partial charge in [0.05, 0.1) is 12.8 Å². The normalized spacial score (nSPS) is 11.8. The summed E-state index contributed by atoms with van der Waals surface area (Å²) in [5.74, 6) is 1.69. The number of nitrogens with zero attached hydrogens (tertiary/aromatic N) is 1. The zero-order valence-electron chi connectivity index (χ0n) is 15.4. The predicted molar refractivity (Wildman–Crippen MR) is 100 cm³/mol. The predicted octanol–water partition coefficient (Wildman–Crippen LogP) is 2.48. The second-order valence-corrected chi connectivity index (χ2v) is 6.06. The number of carbonyl (C=O) groups is 2. The van der Waals surface area contributed by atoms with Crippen LogP contribution >= 0.6 is 0 Å². The van der Waals surface area contributed by atoms with Crippen LogP contribution in [0.1, 0.15) is 18.9 Å². The third kappa shape index (κ3) is 4.49. The highest BCUT2D eigenvalue weighted by atomic mass is 16.7. The zero-order valence-corrected chi connectivity index (χ0v) is 15.4. The molecule has 0 radical (unpaired) electrons. The lowest BCUT2D eigenvalue weighted by Crippen LogP contribution is -2.34. The Hall–Kier alpha value is -3.22. The average Bonchev–Trinajstić information content (AvgIpc) is 3.14. The Morgan fingerprint density at radius 1 is 1.15 bits per heavy atom. The van der Waals surface area contributed by atoms with Crippen molar-refractivity contribution in [3.05, 3.63) is 48.0 Å². The second kappa shape index (κ2) is 8.44. The molecule has 0 atom stereocenters. The van der Waals surface area contributed by atoms with E-state index in [0.29, 0.717) is 29.5 Å². The summed E-state index contributed by atoms with van der Waals surface area (Å²) in [6.07, 6.45) is 0.183. The molecule has 142 valence electrons. The fourth-order valence-electron chi connectivity index (χ4n) is 2.85. The lowest BCUT2D eigenvalue weighted by atomic mass is 10.2. The first kappa shape index (κ1) is 18.6. The van der Waals surface area contributed by atoms with E-state index < -0.39 is 0 Å². The molecule has 1 N–H and O–H groups in total. The highest BCUT2D eigenvalue weighted by Crippen LogP contribution is 2.32. The van der Waals surface area contributed by atoms with Gasteiger partial charge in [0.15, 0.2) is 11.5 Å². The minimum atomic E-state index is -0.150. The number of fused-ring (bicyclic) bond motifs is 1. The molecule has 1 aliphatic heterocycles. The van der Waals surface area contributed by atoms with Crippen molar-refractivity contribution in [1.29, 1.82) is 0 Å². The van der Waals surface area contributed by atoms with Gasteiger partial charge in [-0.1, -0.05) is 18.2 Å². The van der Waals surface area contributed by atoms with Crippen LogP contribution in [0.25, 0.3) is 0 Å². The number of amides is 2. The number of rotatable bonds is 7. The Kier molecular flexibility index (Phi) is 5.80. The number of benzene rings is 2. The first-order valence-electron chi connectivity index (χ1n) is 8.65. The van der Waals surface area contributed by atoms with Gasteiger partial charge in [0.1, 0.15) is 5.75 Å². The summed E-state index contributed by atoms with van der Waals surface area (Å²) in [7, 11) is 1.55. The van der Waals surface area contributed by atoms with Crippen molar-refractivity contribution in [2.24, 2.45) is 0 Å². The highest BCUT2D eigenvalue weighted by Gasteiger charge is 2.17. The number of para-hydroxylation sites is 2. The van der Waals surface area contributed by atoms with Crippen LogP contribution in [0.3, 0.4) is 0 Å². The van der Waals surface area contributed by atoms with E-state index in [1.165, 1.54) is 6.92 Å². The Morgan fingerprint density at radius 2 is 1.93 bits per heavy atom. The summed E-state index contributed by atoms with van der Waals surface area (Å²) in [5.41, 5.74) is 1.57. The van der Waals surface area contributed by atoms with E-state index in [2.05, 4.69) is 5.32 Å². The Morgan fingerprint density at radius 3 is 2.70 bits per heavy atom. The van der Waals surface area contributed by atoms with Crippen molar-refractivity contribution in [3.63, 3.8) is 0 Å². The molecule has 0 fully saturated rings. The van der Waals surface area contributed by atoms with Crippen LogP contribution in [0.15, 0.2) is 42.5 Å². The van der Waals surface area contributed by atoms with Gasteiger partial charge in [-0.3, -0.25) is 9.59 Å². The Balaban J connectivity index is 1.56. The summed E-state index contributed by atoms with van der Waals surface area (Å²) in [6.45, 7) is 2.33. The van der Waals surface area contributed by atoms with Crippen LogP contribution in [-0.4, -0.2) is 32.3 Å². The number of anilines is 1. The molecular formula is C20H22N2O5. The maximum absolute atomic E-state index is 12.2. The number of carbonyl (C=O) groups excluding carboxylic acids is 2. The molecule has 0 aromatic heterocycles. The molecule has 2 aromatic rings. The monoisotopic (exact) mass is 370 g/mol. The molecule has 7 heteroatoms. The van der Waals surface area contributed by atoms with E-state index in [1.807, 2.05) is 30.3 Å². The van der Waals surface area contributed by atoms with E-state index in [0.717, 1.165) is 5.56 Å². The standard InChI is InChI=1S/C20H22N2O5/c1-14(23)22(16-5-3-4-6-17(16)25-2)10-9-20(24)21-12-15-7-8-18-19(11-15)27-13-26-18/h3-8,11H,9-10,12-13H2,1-2H3,(H,21,24). The molecule has 0 saturated heterocycles. The van der Waals surface area contributed by atoms with E-state index in [4.69, 9.17) is 14.2 Å². The lowest BCUT2D eigenvalue weighted by molar-refractivity contribution is -0.121. The summed E-state index contributed by atoms with van der Waals surface area (Å²) in [5, 5.41) is 2.86. The minimum Gasteiger partial charge on any atom is -0.495 e. The third-order valence-corrected chi connectivity index (χ3v) is 4.25. The molecule has 27 heavy (non-hydrogen) atoms. The van der Waals surface area contributed by atoms with Crippen LogP contribution in [0, 0.1) is 0 Å². The molecule has 2 amide bonds. The molecule has 7 nitrogen and oxygen atoms in total. The number of hydrogen-bond acceptors (Lipinski definition) is 5. The van der Waals surface area contributed by atoms with Gasteiger partial charge in [-0.15, -0.1) is 0 Å². The largest absolute Gasteiger partial charge is 0.495 e. The smallest absolute Gasteiger partial charge is 0.231 e. The van der Waals surface area contributed by atoms with Crippen molar-refractivity contribution >= 4 is 17.5 Å². The lowest BCUT2D eigenvalue weighted by Gasteiger charge is -2.23. The topological polar surface area (TPSA) is 77.1 Å². The summed E-state index contributed by atoms with van der Waals surface area (Å²) < 4.78 is 15.9. The molecule has 1 heterocycles. The van der Waals surface area contributed by atoms with Crippen molar-refractivity contribution < 1.29 is 23.8 Å². The maximum Gasteiger partial charge on any atom is 0.231 e. The molecule has 0 bridgehead atoms. The quantitative estimate of drug-likeness (QED) is 0.810. The van der Waals surface area contributed by atoms with Crippen LogP contribution in [0.5, 0.6) is 17.2 Å². The van der Waals surface area contributed by atoms with E-state index in [-0.39, 0.29) is 31.6 Å². The van der Waals surface area contributed by atoms with E-state index >= 15 is 0 Å². The Labute approximate surface area is 157 Å². The summed E-state index contributed by atoms with van der Waals surface area (Å²) in [4.78, 5) is 25.8. The summed E-state index contributed by atoms with van der Waals surface area (Å²) >= 11 is 0. The second-order valence-electron chi connectivity index (χ2n) is 6.06. The molecule has 2 aromatic carbocycles. The van der Waals surface area contributed by atoms with Crippen molar-refractivity contribution in [3.8, 4) is 17.2 Å². The van der Waals surface area contributed by atoms with Crippen LogP contribution in [0.2, 0.25) is 0 Å². The van der Waals surface area contributed by atoms with E-state index in [9.17, 15) is 9.59 Å².